The molecule has 0 aromatic heterocycles. The van der Waals surface area contributed by atoms with Crippen LogP contribution in [0.4, 0.5) is 4.39 Å². The quantitative estimate of drug-likeness (QED) is 0.825. The number of hydrogen-bond acceptors (Lipinski definition) is 1. The lowest BCUT2D eigenvalue weighted by Crippen LogP contribution is -2.33. The van der Waals surface area contributed by atoms with Gasteiger partial charge in [0.25, 0.3) is 0 Å². The average Bonchev–Trinajstić information content (AvgIpc) is 2.59. The monoisotopic (exact) mass is 271 g/mol. The van der Waals surface area contributed by atoms with Crippen molar-refractivity contribution in [3.63, 3.8) is 0 Å². The highest BCUT2D eigenvalue weighted by molar-refractivity contribution is 9.10. The highest BCUT2D eigenvalue weighted by Gasteiger charge is 2.32. The van der Waals surface area contributed by atoms with E-state index in [4.69, 9.17) is 0 Å². The van der Waals surface area contributed by atoms with E-state index in [0.717, 1.165) is 30.5 Å². The molecule has 0 saturated carbocycles. The highest BCUT2D eigenvalue weighted by Crippen LogP contribution is 2.36. The lowest BCUT2D eigenvalue weighted by Gasteiger charge is -2.27. The number of hydrogen-bond donors (Lipinski definition) is 1. The van der Waals surface area contributed by atoms with Crippen molar-refractivity contribution in [3.05, 3.63) is 33.5 Å². The third kappa shape index (κ3) is 1.95. The average molecular weight is 272 g/mol. The van der Waals surface area contributed by atoms with Gasteiger partial charge < -0.3 is 5.32 Å². The summed E-state index contributed by atoms with van der Waals surface area (Å²) in [6, 6.07) is 3.62. The van der Waals surface area contributed by atoms with Crippen molar-refractivity contribution in [1.82, 2.24) is 5.32 Å². The molecule has 82 valence electrons. The molecule has 0 radical (unpaired) electrons. The Morgan fingerprint density at radius 1 is 1.47 bits per heavy atom. The van der Waals surface area contributed by atoms with Gasteiger partial charge in [-0.25, -0.2) is 4.39 Å². The molecular weight excluding hydrogens is 257 g/mol. The Bertz CT molecular complexity index is 383. The molecule has 0 bridgehead atoms. The van der Waals surface area contributed by atoms with E-state index in [1.54, 1.807) is 6.07 Å². The molecule has 15 heavy (non-hydrogen) atoms. The second kappa shape index (κ2) is 3.87. The van der Waals surface area contributed by atoms with Crippen LogP contribution in [0.1, 0.15) is 30.9 Å². The molecule has 1 nitrogen and oxygen atoms in total. The lowest BCUT2D eigenvalue weighted by molar-refractivity contribution is 0.428. The Labute approximate surface area is 98.2 Å². The first-order valence-electron chi connectivity index (χ1n) is 5.24. The zero-order valence-corrected chi connectivity index (χ0v) is 10.6. The van der Waals surface area contributed by atoms with Crippen molar-refractivity contribution < 1.29 is 4.39 Å². The molecule has 1 heterocycles. The first kappa shape index (κ1) is 11.1. The molecule has 1 fully saturated rings. The van der Waals surface area contributed by atoms with Gasteiger partial charge in [0.2, 0.25) is 0 Å². The third-order valence-electron chi connectivity index (χ3n) is 3.14. The van der Waals surface area contributed by atoms with E-state index in [1.807, 2.05) is 6.92 Å². The van der Waals surface area contributed by atoms with Crippen LogP contribution in [-0.2, 0) is 5.54 Å². The van der Waals surface area contributed by atoms with E-state index in [9.17, 15) is 4.39 Å². The van der Waals surface area contributed by atoms with Crippen LogP contribution in [0.15, 0.2) is 16.6 Å². The van der Waals surface area contributed by atoms with Gasteiger partial charge in [-0.3, -0.25) is 0 Å². The molecule has 2 rings (SSSR count). The fourth-order valence-electron chi connectivity index (χ4n) is 2.25. The van der Waals surface area contributed by atoms with Gasteiger partial charge in [0, 0.05) is 5.54 Å². The van der Waals surface area contributed by atoms with E-state index in [2.05, 4.69) is 34.2 Å². The molecule has 0 aliphatic carbocycles. The van der Waals surface area contributed by atoms with Gasteiger partial charge in [-0.2, -0.15) is 0 Å². The molecule has 3 heteroatoms. The van der Waals surface area contributed by atoms with Crippen molar-refractivity contribution >= 4 is 15.9 Å². The fourth-order valence-corrected chi connectivity index (χ4v) is 2.92. The standard InChI is InChI=1S/C12H15BrFN/c1-8-6-9(11(13)10(14)7-8)12(2)4-3-5-15-12/h6-7,15H,3-5H2,1-2H3. The lowest BCUT2D eigenvalue weighted by atomic mass is 9.89. The van der Waals surface area contributed by atoms with Crippen molar-refractivity contribution in [3.8, 4) is 0 Å². The van der Waals surface area contributed by atoms with E-state index < -0.39 is 0 Å². The minimum absolute atomic E-state index is 0.0777. The van der Waals surface area contributed by atoms with Gasteiger partial charge in [-0.1, -0.05) is 6.07 Å². The summed E-state index contributed by atoms with van der Waals surface area (Å²) in [5.74, 6) is -0.167. The largest absolute Gasteiger partial charge is 0.308 e. The number of nitrogens with one attached hydrogen (secondary N) is 1. The molecule has 0 spiro atoms. The van der Waals surface area contributed by atoms with E-state index in [-0.39, 0.29) is 11.4 Å². The van der Waals surface area contributed by atoms with Crippen LogP contribution in [0.2, 0.25) is 0 Å². The predicted molar refractivity (Wildman–Crippen MR) is 63.4 cm³/mol. The van der Waals surface area contributed by atoms with Gasteiger partial charge in [0.15, 0.2) is 0 Å². The first-order chi connectivity index (χ1) is 7.03. The normalized spacial score (nSPS) is 25.9. The smallest absolute Gasteiger partial charge is 0.137 e. The Balaban J connectivity index is 2.51. The topological polar surface area (TPSA) is 12.0 Å². The summed E-state index contributed by atoms with van der Waals surface area (Å²) < 4.78 is 14.2. The number of halogens is 2. The molecule has 1 aromatic carbocycles. The summed E-state index contributed by atoms with van der Waals surface area (Å²) >= 11 is 3.34. The molecular formula is C12H15BrFN. The van der Waals surface area contributed by atoms with Gasteiger partial charge in [-0.15, -0.1) is 0 Å². The van der Waals surface area contributed by atoms with E-state index in [0.29, 0.717) is 4.47 Å². The Morgan fingerprint density at radius 2 is 2.20 bits per heavy atom. The minimum Gasteiger partial charge on any atom is -0.308 e. The molecule has 1 aliphatic heterocycles. The van der Waals surface area contributed by atoms with E-state index >= 15 is 0 Å². The minimum atomic E-state index is -0.167. The Hall–Kier alpha value is -0.410. The fraction of sp³-hybridized carbons (Fsp3) is 0.500. The highest BCUT2D eigenvalue weighted by atomic mass is 79.9. The maximum atomic E-state index is 13.6. The second-order valence-electron chi connectivity index (χ2n) is 4.47. The van der Waals surface area contributed by atoms with Crippen LogP contribution in [0, 0.1) is 12.7 Å². The van der Waals surface area contributed by atoms with Crippen molar-refractivity contribution in [1.29, 1.82) is 0 Å². The van der Waals surface area contributed by atoms with E-state index in [1.165, 1.54) is 0 Å². The summed E-state index contributed by atoms with van der Waals surface area (Å²) in [5, 5.41) is 3.45. The molecule has 1 unspecified atom stereocenters. The zero-order chi connectivity index (χ0) is 11.1. The number of rotatable bonds is 1. The number of benzene rings is 1. The van der Waals surface area contributed by atoms with Gasteiger partial charge in [0.05, 0.1) is 4.47 Å². The van der Waals surface area contributed by atoms with Crippen molar-refractivity contribution in [2.75, 3.05) is 6.54 Å². The van der Waals surface area contributed by atoms with Crippen LogP contribution in [0.5, 0.6) is 0 Å². The van der Waals surface area contributed by atoms with Gasteiger partial charge in [-0.05, 0) is 66.4 Å². The van der Waals surface area contributed by atoms with Crippen LogP contribution in [0.3, 0.4) is 0 Å². The summed E-state index contributed by atoms with van der Waals surface area (Å²) in [7, 11) is 0. The molecule has 1 aromatic rings. The maximum Gasteiger partial charge on any atom is 0.137 e. The predicted octanol–water partition coefficient (Wildman–Crippen LogP) is 3.50. The Morgan fingerprint density at radius 3 is 2.80 bits per heavy atom. The molecule has 1 aliphatic rings. The summed E-state index contributed by atoms with van der Waals surface area (Å²) in [4.78, 5) is 0. The van der Waals surface area contributed by atoms with Crippen LogP contribution >= 0.6 is 15.9 Å². The second-order valence-corrected chi connectivity index (χ2v) is 5.26. The van der Waals surface area contributed by atoms with Gasteiger partial charge >= 0.3 is 0 Å². The summed E-state index contributed by atoms with van der Waals surface area (Å²) in [6.07, 6.45) is 2.22. The Kier molecular flexibility index (Phi) is 2.86. The third-order valence-corrected chi connectivity index (χ3v) is 3.94. The summed E-state index contributed by atoms with van der Waals surface area (Å²) in [6.45, 7) is 5.08. The molecule has 1 N–H and O–H groups in total. The molecule has 1 atom stereocenters. The van der Waals surface area contributed by atoms with Crippen molar-refractivity contribution in [2.24, 2.45) is 0 Å². The summed E-state index contributed by atoms with van der Waals surface area (Å²) in [5.41, 5.74) is 1.93. The van der Waals surface area contributed by atoms with Crippen LogP contribution in [-0.4, -0.2) is 6.54 Å². The SMILES string of the molecule is Cc1cc(F)c(Br)c(C2(C)CCCN2)c1. The first-order valence-corrected chi connectivity index (χ1v) is 6.03. The van der Waals surface area contributed by atoms with Crippen LogP contribution < -0.4 is 5.32 Å². The van der Waals surface area contributed by atoms with Crippen LogP contribution in [0.25, 0.3) is 0 Å². The number of aryl methyl sites for hydroxylation is 1. The maximum absolute atomic E-state index is 13.6. The molecule has 1 saturated heterocycles. The zero-order valence-electron chi connectivity index (χ0n) is 9.03. The molecule has 0 amide bonds. The van der Waals surface area contributed by atoms with Gasteiger partial charge in [0.1, 0.15) is 5.82 Å². The van der Waals surface area contributed by atoms with Crippen molar-refractivity contribution in [2.45, 2.75) is 32.2 Å².